The maximum atomic E-state index is 12.1. The Morgan fingerprint density at radius 3 is 2.50 bits per heavy atom. The van der Waals surface area contributed by atoms with Crippen molar-refractivity contribution in [2.45, 2.75) is 25.3 Å². The molecule has 2 rings (SSSR count). The third-order valence-corrected chi connectivity index (χ3v) is 3.55. The van der Waals surface area contributed by atoms with Gasteiger partial charge in [0.15, 0.2) is 0 Å². The molecule has 0 aliphatic heterocycles. The van der Waals surface area contributed by atoms with Gasteiger partial charge in [-0.1, -0.05) is 42.5 Å². The van der Waals surface area contributed by atoms with Crippen LogP contribution in [0, 0.1) is 0 Å². The summed E-state index contributed by atoms with van der Waals surface area (Å²) in [6, 6.07) is 13.2. The van der Waals surface area contributed by atoms with Crippen molar-refractivity contribution in [3.63, 3.8) is 0 Å². The smallest absolute Gasteiger partial charge is 0.240 e. The van der Waals surface area contributed by atoms with Crippen LogP contribution in [-0.2, 0) is 16.0 Å². The molecule has 1 atom stereocenters. The van der Waals surface area contributed by atoms with Crippen molar-refractivity contribution < 1.29 is 9.59 Å². The normalized spacial score (nSPS) is 12.0. The summed E-state index contributed by atoms with van der Waals surface area (Å²) in [6.07, 6.45) is 1.33. The molecule has 5 N–H and O–H groups in total. The second-order valence-electron chi connectivity index (χ2n) is 5.31. The highest BCUT2D eigenvalue weighted by Gasteiger charge is 2.17. The molecule has 0 unspecified atom stereocenters. The maximum absolute atomic E-state index is 12.1. The van der Waals surface area contributed by atoms with Gasteiger partial charge in [0.25, 0.3) is 0 Å². The molecule has 0 saturated heterocycles. The Morgan fingerprint density at radius 1 is 1.09 bits per heavy atom. The minimum Gasteiger partial charge on any atom is -0.368 e. The summed E-state index contributed by atoms with van der Waals surface area (Å²) >= 11 is 0. The third kappa shape index (κ3) is 4.30. The van der Waals surface area contributed by atoms with Crippen LogP contribution in [0.4, 0.5) is 0 Å². The summed E-state index contributed by atoms with van der Waals surface area (Å²) in [5.41, 5.74) is 11.6. The number of fused-ring (bicyclic) bond motifs is 1. The van der Waals surface area contributed by atoms with Crippen LogP contribution in [-0.4, -0.2) is 24.4 Å². The molecule has 22 heavy (non-hydrogen) atoms. The molecule has 5 heteroatoms. The van der Waals surface area contributed by atoms with Crippen molar-refractivity contribution in [1.82, 2.24) is 5.32 Å². The van der Waals surface area contributed by atoms with Crippen LogP contribution in [0.15, 0.2) is 42.5 Å². The molecule has 2 aromatic carbocycles. The monoisotopic (exact) mass is 299 g/mol. The van der Waals surface area contributed by atoms with E-state index in [1.165, 1.54) is 0 Å². The Kier molecular flexibility index (Phi) is 5.49. The molecule has 0 fully saturated rings. The molecule has 0 bridgehead atoms. The molecule has 0 radical (unpaired) electrons. The number of nitrogens with one attached hydrogen (secondary N) is 1. The predicted molar refractivity (Wildman–Crippen MR) is 87.1 cm³/mol. The number of primary amides is 1. The van der Waals surface area contributed by atoms with E-state index in [4.69, 9.17) is 11.5 Å². The number of rotatable bonds is 7. The van der Waals surface area contributed by atoms with E-state index in [0.29, 0.717) is 19.4 Å². The van der Waals surface area contributed by atoms with Gasteiger partial charge in [0.1, 0.15) is 6.04 Å². The highest BCUT2D eigenvalue weighted by atomic mass is 16.2. The summed E-state index contributed by atoms with van der Waals surface area (Å²) in [7, 11) is 0. The fraction of sp³-hybridized carbons (Fsp3) is 0.294. The summed E-state index contributed by atoms with van der Waals surface area (Å²) in [6.45, 7) is 0.463. The molecule has 2 aromatic rings. The standard InChI is InChI=1S/C17H21N3O2/c18-9-3-6-15(17(19)22)20-16(21)11-12-7-8-13-4-1-2-5-14(13)10-12/h1-2,4-5,7-8,10,15H,3,6,9,11,18H2,(H2,19,22)(H,20,21)/t15-/m0/s1. The van der Waals surface area contributed by atoms with Gasteiger partial charge in [-0.05, 0) is 35.7 Å². The number of nitrogens with two attached hydrogens (primary N) is 2. The van der Waals surface area contributed by atoms with Gasteiger partial charge in [-0.25, -0.2) is 0 Å². The average molecular weight is 299 g/mol. The molecular weight excluding hydrogens is 278 g/mol. The first kappa shape index (κ1) is 16.0. The first-order valence-electron chi connectivity index (χ1n) is 7.36. The van der Waals surface area contributed by atoms with Crippen LogP contribution in [0.5, 0.6) is 0 Å². The largest absolute Gasteiger partial charge is 0.368 e. The van der Waals surface area contributed by atoms with Gasteiger partial charge in [-0.15, -0.1) is 0 Å². The van der Waals surface area contributed by atoms with E-state index in [1.807, 2.05) is 42.5 Å². The van der Waals surface area contributed by atoms with Crippen molar-refractivity contribution in [1.29, 1.82) is 0 Å². The van der Waals surface area contributed by atoms with Crippen molar-refractivity contribution >= 4 is 22.6 Å². The Hall–Kier alpha value is -2.40. The quantitative estimate of drug-likeness (QED) is 0.713. The number of benzene rings is 2. The highest BCUT2D eigenvalue weighted by Crippen LogP contribution is 2.16. The SMILES string of the molecule is NCCC[C@H](NC(=O)Cc1ccc2ccccc2c1)C(N)=O. The van der Waals surface area contributed by atoms with Gasteiger partial charge >= 0.3 is 0 Å². The maximum Gasteiger partial charge on any atom is 0.240 e. The first-order chi connectivity index (χ1) is 10.6. The van der Waals surface area contributed by atoms with Crippen LogP contribution < -0.4 is 16.8 Å². The molecule has 0 heterocycles. The molecule has 0 saturated carbocycles. The van der Waals surface area contributed by atoms with Crippen LogP contribution in [0.2, 0.25) is 0 Å². The van der Waals surface area contributed by atoms with Gasteiger partial charge in [-0.3, -0.25) is 9.59 Å². The lowest BCUT2D eigenvalue weighted by molar-refractivity contribution is -0.127. The van der Waals surface area contributed by atoms with Gasteiger partial charge in [0.05, 0.1) is 6.42 Å². The summed E-state index contributed by atoms with van der Waals surface area (Å²) in [5, 5.41) is 4.89. The molecule has 2 amide bonds. The van der Waals surface area contributed by atoms with E-state index in [-0.39, 0.29) is 12.3 Å². The van der Waals surface area contributed by atoms with Gasteiger partial charge in [-0.2, -0.15) is 0 Å². The molecular formula is C17H21N3O2. The van der Waals surface area contributed by atoms with E-state index in [0.717, 1.165) is 16.3 Å². The van der Waals surface area contributed by atoms with Crippen molar-refractivity contribution in [2.75, 3.05) is 6.54 Å². The highest BCUT2D eigenvalue weighted by molar-refractivity contribution is 5.88. The summed E-state index contributed by atoms with van der Waals surface area (Å²) in [4.78, 5) is 23.4. The molecule has 5 nitrogen and oxygen atoms in total. The number of amides is 2. The zero-order valence-electron chi connectivity index (χ0n) is 12.4. The topological polar surface area (TPSA) is 98.2 Å². The minimum absolute atomic E-state index is 0.212. The number of hydrogen-bond acceptors (Lipinski definition) is 3. The van der Waals surface area contributed by atoms with Gasteiger partial charge in [0.2, 0.25) is 11.8 Å². The van der Waals surface area contributed by atoms with Crippen molar-refractivity contribution in [3.8, 4) is 0 Å². The van der Waals surface area contributed by atoms with Gasteiger partial charge < -0.3 is 16.8 Å². The van der Waals surface area contributed by atoms with E-state index in [2.05, 4.69) is 5.32 Å². The Labute approximate surface area is 129 Å². The van der Waals surface area contributed by atoms with E-state index >= 15 is 0 Å². The fourth-order valence-corrected chi connectivity index (χ4v) is 2.39. The van der Waals surface area contributed by atoms with E-state index in [1.54, 1.807) is 0 Å². The van der Waals surface area contributed by atoms with Crippen LogP contribution in [0.25, 0.3) is 10.8 Å². The Morgan fingerprint density at radius 2 is 1.82 bits per heavy atom. The molecule has 116 valence electrons. The van der Waals surface area contributed by atoms with Crippen LogP contribution in [0.1, 0.15) is 18.4 Å². The predicted octanol–water partition coefficient (Wildman–Crippen LogP) is 1.09. The second kappa shape index (κ2) is 7.56. The zero-order chi connectivity index (χ0) is 15.9. The molecule has 0 aromatic heterocycles. The van der Waals surface area contributed by atoms with Crippen molar-refractivity contribution in [3.05, 3.63) is 48.0 Å². The Bertz CT molecular complexity index is 670. The molecule has 0 aliphatic rings. The van der Waals surface area contributed by atoms with Crippen LogP contribution in [0.3, 0.4) is 0 Å². The number of carbonyl (C=O) groups is 2. The summed E-state index contributed by atoms with van der Waals surface area (Å²) in [5.74, 6) is -0.739. The average Bonchev–Trinajstić information content (AvgIpc) is 2.51. The zero-order valence-corrected chi connectivity index (χ0v) is 12.4. The summed E-state index contributed by atoms with van der Waals surface area (Å²) < 4.78 is 0. The molecule has 0 aliphatic carbocycles. The number of carbonyl (C=O) groups excluding carboxylic acids is 2. The second-order valence-corrected chi connectivity index (χ2v) is 5.31. The van der Waals surface area contributed by atoms with Crippen molar-refractivity contribution in [2.24, 2.45) is 11.5 Å². The molecule has 0 spiro atoms. The lowest BCUT2D eigenvalue weighted by Gasteiger charge is -2.15. The van der Waals surface area contributed by atoms with E-state index < -0.39 is 11.9 Å². The minimum atomic E-state index is -0.656. The van der Waals surface area contributed by atoms with E-state index in [9.17, 15) is 9.59 Å². The Balaban J connectivity index is 2.01. The lowest BCUT2D eigenvalue weighted by Crippen LogP contribution is -2.45. The first-order valence-corrected chi connectivity index (χ1v) is 7.36. The lowest BCUT2D eigenvalue weighted by atomic mass is 10.0. The van der Waals surface area contributed by atoms with Gasteiger partial charge in [0, 0.05) is 0 Å². The number of hydrogen-bond donors (Lipinski definition) is 3. The van der Waals surface area contributed by atoms with Crippen LogP contribution >= 0.6 is 0 Å². The fourth-order valence-electron chi connectivity index (χ4n) is 2.39. The third-order valence-electron chi connectivity index (χ3n) is 3.55.